The molecular formula is C11H23NO3. The van der Waals surface area contributed by atoms with Gasteiger partial charge < -0.3 is 15.5 Å². The molecule has 0 aliphatic rings. The van der Waals surface area contributed by atoms with E-state index in [4.69, 9.17) is 5.11 Å². The molecule has 0 fully saturated rings. The summed E-state index contributed by atoms with van der Waals surface area (Å²) in [4.78, 5) is 11.2. The van der Waals surface area contributed by atoms with Gasteiger partial charge in [0.1, 0.15) is 0 Å². The lowest BCUT2D eigenvalue weighted by Crippen LogP contribution is -2.41. The fourth-order valence-corrected chi connectivity index (χ4v) is 1.57. The number of rotatable bonds is 7. The minimum absolute atomic E-state index is 0.0236. The first-order valence-corrected chi connectivity index (χ1v) is 5.47. The van der Waals surface area contributed by atoms with Crippen LogP contribution in [0.2, 0.25) is 0 Å². The largest absolute Gasteiger partial charge is 0.396 e. The summed E-state index contributed by atoms with van der Waals surface area (Å²) in [6.45, 7) is 6.08. The summed E-state index contributed by atoms with van der Waals surface area (Å²) in [6.07, 6.45) is 1.44. The normalized spacial score (nSPS) is 15.1. The molecule has 0 aromatic heterocycles. The van der Waals surface area contributed by atoms with Gasteiger partial charge in [-0.2, -0.15) is 0 Å². The fourth-order valence-electron chi connectivity index (χ4n) is 1.57. The third kappa shape index (κ3) is 8.39. The number of aliphatic hydroxyl groups is 2. The number of hydrogen-bond acceptors (Lipinski definition) is 3. The molecule has 1 amide bonds. The summed E-state index contributed by atoms with van der Waals surface area (Å²) in [7, 11) is 0. The molecular weight excluding hydrogens is 194 g/mol. The Labute approximate surface area is 91.7 Å². The molecule has 4 nitrogen and oxygen atoms in total. The van der Waals surface area contributed by atoms with Crippen molar-refractivity contribution in [1.82, 2.24) is 5.32 Å². The average molecular weight is 217 g/mol. The molecule has 0 aromatic rings. The maximum Gasteiger partial charge on any atom is 0.220 e. The summed E-state index contributed by atoms with van der Waals surface area (Å²) < 4.78 is 0. The molecule has 15 heavy (non-hydrogen) atoms. The average Bonchev–Trinajstić information content (AvgIpc) is 2.09. The Kier molecular flexibility index (Phi) is 6.52. The summed E-state index contributed by atoms with van der Waals surface area (Å²) in [5.74, 6) is 0.280. The highest BCUT2D eigenvalue weighted by Crippen LogP contribution is 2.14. The highest BCUT2D eigenvalue weighted by atomic mass is 16.3. The van der Waals surface area contributed by atoms with Gasteiger partial charge in [-0.05, 0) is 25.7 Å². The Balaban J connectivity index is 3.77. The number of hydrogen-bond donors (Lipinski definition) is 3. The standard InChI is InChI=1S/C11H23NO3/c1-9(2)7-11(3,15)8-12-10(14)5-4-6-13/h9,13,15H,4-8H2,1-3H3,(H,12,14). The molecule has 0 aliphatic carbocycles. The maximum atomic E-state index is 11.2. The van der Waals surface area contributed by atoms with Gasteiger partial charge in [0, 0.05) is 19.6 Å². The van der Waals surface area contributed by atoms with E-state index in [-0.39, 0.29) is 19.1 Å². The fraction of sp³-hybridized carbons (Fsp3) is 0.909. The van der Waals surface area contributed by atoms with Gasteiger partial charge in [0.15, 0.2) is 0 Å². The first-order chi connectivity index (χ1) is 6.87. The Morgan fingerprint density at radius 3 is 2.53 bits per heavy atom. The lowest BCUT2D eigenvalue weighted by Gasteiger charge is -2.25. The number of aliphatic hydroxyl groups excluding tert-OH is 1. The Bertz CT molecular complexity index is 190. The van der Waals surface area contributed by atoms with Crippen LogP contribution in [0, 0.1) is 5.92 Å². The molecule has 0 rings (SSSR count). The topological polar surface area (TPSA) is 69.6 Å². The molecule has 0 heterocycles. The maximum absolute atomic E-state index is 11.2. The molecule has 0 aromatic carbocycles. The lowest BCUT2D eigenvalue weighted by atomic mass is 9.94. The highest BCUT2D eigenvalue weighted by Gasteiger charge is 2.22. The van der Waals surface area contributed by atoms with E-state index in [1.165, 1.54) is 0 Å². The zero-order valence-corrected chi connectivity index (χ0v) is 9.92. The van der Waals surface area contributed by atoms with Crippen LogP contribution >= 0.6 is 0 Å². The smallest absolute Gasteiger partial charge is 0.220 e. The second kappa shape index (κ2) is 6.80. The van der Waals surface area contributed by atoms with Gasteiger partial charge in [-0.15, -0.1) is 0 Å². The molecule has 0 radical (unpaired) electrons. The second-order valence-electron chi connectivity index (χ2n) is 4.70. The van der Waals surface area contributed by atoms with E-state index in [9.17, 15) is 9.90 Å². The van der Waals surface area contributed by atoms with Gasteiger partial charge in [0.25, 0.3) is 0 Å². The molecule has 0 bridgehead atoms. The van der Waals surface area contributed by atoms with Crippen molar-refractivity contribution in [1.29, 1.82) is 0 Å². The number of carbonyl (C=O) groups is 1. The molecule has 0 spiro atoms. The predicted molar refractivity (Wildman–Crippen MR) is 59.4 cm³/mol. The number of nitrogens with one attached hydrogen (secondary N) is 1. The van der Waals surface area contributed by atoms with Crippen LogP contribution in [0.1, 0.15) is 40.0 Å². The summed E-state index contributed by atoms with van der Waals surface area (Å²) in [5.41, 5.74) is -0.844. The van der Waals surface area contributed by atoms with Crippen molar-refractivity contribution >= 4 is 5.91 Å². The van der Waals surface area contributed by atoms with Crippen LogP contribution in [0.15, 0.2) is 0 Å². The van der Waals surface area contributed by atoms with Crippen molar-refractivity contribution in [2.45, 2.75) is 45.6 Å². The van der Waals surface area contributed by atoms with E-state index < -0.39 is 5.60 Å². The Hall–Kier alpha value is -0.610. The van der Waals surface area contributed by atoms with Crippen LogP contribution in [0.5, 0.6) is 0 Å². The van der Waals surface area contributed by atoms with Gasteiger partial charge in [-0.25, -0.2) is 0 Å². The van der Waals surface area contributed by atoms with E-state index >= 15 is 0 Å². The zero-order valence-electron chi connectivity index (χ0n) is 9.92. The first kappa shape index (κ1) is 14.4. The van der Waals surface area contributed by atoms with Crippen molar-refractivity contribution in [3.63, 3.8) is 0 Å². The minimum atomic E-state index is -0.844. The molecule has 1 unspecified atom stereocenters. The van der Waals surface area contributed by atoms with Crippen LogP contribution in [-0.2, 0) is 4.79 Å². The van der Waals surface area contributed by atoms with E-state index in [0.29, 0.717) is 25.2 Å². The van der Waals surface area contributed by atoms with E-state index in [1.54, 1.807) is 6.92 Å². The first-order valence-electron chi connectivity index (χ1n) is 5.47. The number of carbonyl (C=O) groups excluding carboxylic acids is 1. The van der Waals surface area contributed by atoms with Crippen LogP contribution < -0.4 is 5.32 Å². The molecule has 4 heteroatoms. The van der Waals surface area contributed by atoms with Crippen LogP contribution in [0.3, 0.4) is 0 Å². The second-order valence-corrected chi connectivity index (χ2v) is 4.70. The van der Waals surface area contributed by atoms with Crippen molar-refractivity contribution < 1.29 is 15.0 Å². The number of amides is 1. The Morgan fingerprint density at radius 2 is 2.07 bits per heavy atom. The van der Waals surface area contributed by atoms with Gasteiger partial charge in [0.2, 0.25) is 5.91 Å². The van der Waals surface area contributed by atoms with Crippen LogP contribution in [0.4, 0.5) is 0 Å². The van der Waals surface area contributed by atoms with Crippen molar-refractivity contribution in [2.75, 3.05) is 13.2 Å². The summed E-state index contributed by atoms with van der Waals surface area (Å²) in [5, 5.41) is 21.1. The minimum Gasteiger partial charge on any atom is -0.396 e. The quantitative estimate of drug-likeness (QED) is 0.587. The van der Waals surface area contributed by atoms with E-state index in [1.807, 2.05) is 13.8 Å². The van der Waals surface area contributed by atoms with Crippen molar-refractivity contribution in [3.05, 3.63) is 0 Å². The monoisotopic (exact) mass is 217 g/mol. The van der Waals surface area contributed by atoms with Gasteiger partial charge >= 0.3 is 0 Å². The molecule has 90 valence electrons. The molecule has 1 atom stereocenters. The van der Waals surface area contributed by atoms with E-state index in [2.05, 4.69) is 5.32 Å². The Morgan fingerprint density at radius 1 is 1.47 bits per heavy atom. The summed E-state index contributed by atoms with van der Waals surface area (Å²) >= 11 is 0. The molecule has 3 N–H and O–H groups in total. The molecule has 0 saturated heterocycles. The lowest BCUT2D eigenvalue weighted by molar-refractivity contribution is -0.122. The highest BCUT2D eigenvalue weighted by molar-refractivity contribution is 5.75. The van der Waals surface area contributed by atoms with Crippen molar-refractivity contribution in [3.8, 4) is 0 Å². The van der Waals surface area contributed by atoms with E-state index in [0.717, 1.165) is 0 Å². The third-order valence-corrected chi connectivity index (χ3v) is 2.08. The van der Waals surface area contributed by atoms with Crippen LogP contribution in [-0.4, -0.2) is 34.9 Å². The van der Waals surface area contributed by atoms with Crippen LogP contribution in [0.25, 0.3) is 0 Å². The van der Waals surface area contributed by atoms with Crippen molar-refractivity contribution in [2.24, 2.45) is 5.92 Å². The molecule has 0 saturated carbocycles. The van der Waals surface area contributed by atoms with Gasteiger partial charge in [-0.3, -0.25) is 4.79 Å². The SMILES string of the molecule is CC(C)CC(C)(O)CNC(=O)CCCO. The third-order valence-electron chi connectivity index (χ3n) is 2.08. The van der Waals surface area contributed by atoms with Gasteiger partial charge in [-0.1, -0.05) is 13.8 Å². The predicted octanol–water partition coefficient (Wildman–Crippen LogP) is 0.672. The zero-order chi connectivity index (χ0) is 11.9. The summed E-state index contributed by atoms with van der Waals surface area (Å²) in [6, 6.07) is 0. The molecule has 0 aliphatic heterocycles. The van der Waals surface area contributed by atoms with Gasteiger partial charge in [0.05, 0.1) is 5.60 Å².